The molecule has 24 heavy (non-hydrogen) atoms. The summed E-state index contributed by atoms with van der Waals surface area (Å²) in [6, 6.07) is 12.1. The highest BCUT2D eigenvalue weighted by Gasteiger charge is 2.18. The van der Waals surface area contributed by atoms with E-state index < -0.39 is 0 Å². The van der Waals surface area contributed by atoms with Crippen molar-refractivity contribution in [2.75, 3.05) is 31.6 Å². The van der Waals surface area contributed by atoms with Gasteiger partial charge in [-0.05, 0) is 43.3 Å². The number of anilines is 1. The van der Waals surface area contributed by atoms with Crippen LogP contribution in [0.15, 0.2) is 42.5 Å². The summed E-state index contributed by atoms with van der Waals surface area (Å²) in [7, 11) is 0. The SMILES string of the molecule is Cc1cccc(NC(=O)c2ccc(C(=O)N3CCOCC3)cc2)n1. The molecule has 0 aliphatic carbocycles. The lowest BCUT2D eigenvalue weighted by atomic mass is 10.1. The number of aromatic nitrogens is 1. The highest BCUT2D eigenvalue weighted by molar-refractivity contribution is 6.04. The van der Waals surface area contributed by atoms with E-state index in [-0.39, 0.29) is 11.8 Å². The lowest BCUT2D eigenvalue weighted by Gasteiger charge is -2.26. The van der Waals surface area contributed by atoms with Crippen LogP contribution in [-0.2, 0) is 4.74 Å². The Hall–Kier alpha value is -2.73. The number of ether oxygens (including phenoxy) is 1. The Labute approximate surface area is 140 Å². The van der Waals surface area contributed by atoms with Gasteiger partial charge in [0.15, 0.2) is 0 Å². The maximum Gasteiger partial charge on any atom is 0.256 e. The van der Waals surface area contributed by atoms with Crippen LogP contribution in [0.2, 0.25) is 0 Å². The van der Waals surface area contributed by atoms with Crippen molar-refractivity contribution in [3.05, 3.63) is 59.3 Å². The van der Waals surface area contributed by atoms with Crippen LogP contribution in [0, 0.1) is 6.92 Å². The van der Waals surface area contributed by atoms with E-state index in [0.29, 0.717) is 43.2 Å². The van der Waals surface area contributed by atoms with Crippen molar-refractivity contribution >= 4 is 17.6 Å². The summed E-state index contributed by atoms with van der Waals surface area (Å²) in [6.07, 6.45) is 0. The minimum atomic E-state index is -0.251. The minimum absolute atomic E-state index is 0.0365. The summed E-state index contributed by atoms with van der Waals surface area (Å²) in [6.45, 7) is 4.19. The third kappa shape index (κ3) is 3.78. The van der Waals surface area contributed by atoms with Gasteiger partial charge in [0.25, 0.3) is 11.8 Å². The smallest absolute Gasteiger partial charge is 0.256 e. The molecule has 2 amide bonds. The third-order valence-corrected chi connectivity index (χ3v) is 3.82. The molecule has 1 aromatic heterocycles. The number of nitrogens with one attached hydrogen (secondary N) is 1. The molecule has 1 aliphatic rings. The number of rotatable bonds is 3. The molecule has 0 atom stereocenters. The first-order valence-corrected chi connectivity index (χ1v) is 7.85. The lowest BCUT2D eigenvalue weighted by molar-refractivity contribution is 0.0303. The third-order valence-electron chi connectivity index (χ3n) is 3.82. The number of benzene rings is 1. The normalized spacial score (nSPS) is 14.3. The average molecular weight is 325 g/mol. The van der Waals surface area contributed by atoms with Crippen LogP contribution in [0.3, 0.4) is 0 Å². The fourth-order valence-corrected chi connectivity index (χ4v) is 2.51. The zero-order valence-electron chi connectivity index (χ0n) is 13.5. The van der Waals surface area contributed by atoms with Gasteiger partial charge < -0.3 is 15.0 Å². The Balaban J connectivity index is 1.67. The molecule has 1 N–H and O–H groups in total. The van der Waals surface area contributed by atoms with Gasteiger partial charge in [-0.3, -0.25) is 9.59 Å². The Morgan fingerprint density at radius 3 is 2.38 bits per heavy atom. The van der Waals surface area contributed by atoms with E-state index in [0.717, 1.165) is 5.69 Å². The molecule has 3 rings (SSSR count). The molecule has 1 saturated heterocycles. The minimum Gasteiger partial charge on any atom is -0.378 e. The number of amides is 2. The van der Waals surface area contributed by atoms with Gasteiger partial charge >= 0.3 is 0 Å². The number of hydrogen-bond acceptors (Lipinski definition) is 4. The number of carbonyl (C=O) groups excluding carboxylic acids is 2. The molecule has 0 bridgehead atoms. The van der Waals surface area contributed by atoms with Crippen LogP contribution in [0.1, 0.15) is 26.4 Å². The average Bonchev–Trinajstić information content (AvgIpc) is 2.62. The maximum absolute atomic E-state index is 12.4. The number of nitrogens with zero attached hydrogens (tertiary/aromatic N) is 2. The standard InChI is InChI=1S/C18H19N3O3/c1-13-3-2-4-16(19-13)20-17(22)14-5-7-15(8-6-14)18(23)21-9-11-24-12-10-21/h2-8H,9-12H2,1H3,(H,19,20,22). The monoisotopic (exact) mass is 325 g/mol. The summed E-state index contributed by atoms with van der Waals surface area (Å²) in [5.41, 5.74) is 1.89. The van der Waals surface area contributed by atoms with E-state index in [4.69, 9.17) is 4.74 Å². The predicted molar refractivity (Wildman–Crippen MR) is 90.1 cm³/mol. The molecule has 0 unspecified atom stereocenters. The number of aryl methyl sites for hydroxylation is 1. The summed E-state index contributed by atoms with van der Waals surface area (Å²) >= 11 is 0. The largest absolute Gasteiger partial charge is 0.378 e. The van der Waals surface area contributed by atoms with Gasteiger partial charge in [-0.15, -0.1) is 0 Å². The number of hydrogen-bond donors (Lipinski definition) is 1. The molecule has 0 spiro atoms. The second-order valence-electron chi connectivity index (χ2n) is 5.60. The Morgan fingerprint density at radius 1 is 1.04 bits per heavy atom. The number of morpholine rings is 1. The topological polar surface area (TPSA) is 71.5 Å². The first kappa shape index (κ1) is 16.1. The van der Waals surface area contributed by atoms with Crippen LogP contribution in [-0.4, -0.2) is 48.0 Å². The number of carbonyl (C=O) groups is 2. The molecular weight excluding hydrogens is 306 g/mol. The number of pyridine rings is 1. The van der Waals surface area contributed by atoms with Crippen molar-refractivity contribution in [3.8, 4) is 0 Å². The molecule has 6 nitrogen and oxygen atoms in total. The zero-order valence-corrected chi connectivity index (χ0v) is 13.5. The van der Waals surface area contributed by atoms with Gasteiger partial charge in [0, 0.05) is 29.9 Å². The van der Waals surface area contributed by atoms with Crippen molar-refractivity contribution in [3.63, 3.8) is 0 Å². The Kier molecular flexibility index (Phi) is 4.86. The van der Waals surface area contributed by atoms with E-state index in [2.05, 4.69) is 10.3 Å². The summed E-state index contributed by atoms with van der Waals surface area (Å²) < 4.78 is 5.25. The molecule has 1 aliphatic heterocycles. The molecule has 6 heteroatoms. The van der Waals surface area contributed by atoms with E-state index in [1.165, 1.54) is 0 Å². The van der Waals surface area contributed by atoms with Crippen molar-refractivity contribution in [1.82, 2.24) is 9.88 Å². The van der Waals surface area contributed by atoms with E-state index in [1.807, 2.05) is 19.1 Å². The van der Waals surface area contributed by atoms with E-state index in [9.17, 15) is 9.59 Å². The first-order chi connectivity index (χ1) is 11.6. The van der Waals surface area contributed by atoms with Gasteiger partial charge in [-0.2, -0.15) is 0 Å². The van der Waals surface area contributed by atoms with E-state index >= 15 is 0 Å². The summed E-state index contributed by atoms with van der Waals surface area (Å²) in [5, 5.41) is 2.75. The second-order valence-corrected chi connectivity index (χ2v) is 5.60. The van der Waals surface area contributed by atoms with Gasteiger partial charge in [0.2, 0.25) is 0 Å². The molecule has 2 heterocycles. The fourth-order valence-electron chi connectivity index (χ4n) is 2.51. The van der Waals surface area contributed by atoms with Gasteiger partial charge in [0.1, 0.15) is 5.82 Å². The molecule has 0 saturated carbocycles. The van der Waals surface area contributed by atoms with Gasteiger partial charge in [-0.25, -0.2) is 4.98 Å². The predicted octanol–water partition coefficient (Wildman–Crippen LogP) is 2.11. The molecule has 124 valence electrons. The van der Waals surface area contributed by atoms with E-state index in [1.54, 1.807) is 35.2 Å². The lowest BCUT2D eigenvalue weighted by Crippen LogP contribution is -2.40. The maximum atomic E-state index is 12.4. The zero-order chi connectivity index (χ0) is 16.9. The summed E-state index contributed by atoms with van der Waals surface area (Å²) in [4.78, 5) is 30.6. The first-order valence-electron chi connectivity index (χ1n) is 7.85. The summed E-state index contributed by atoms with van der Waals surface area (Å²) in [5.74, 6) is 0.220. The quantitative estimate of drug-likeness (QED) is 0.938. The Morgan fingerprint density at radius 2 is 1.71 bits per heavy atom. The van der Waals surface area contributed by atoms with Crippen molar-refractivity contribution in [2.45, 2.75) is 6.92 Å². The van der Waals surface area contributed by atoms with Crippen molar-refractivity contribution in [1.29, 1.82) is 0 Å². The molecule has 1 fully saturated rings. The van der Waals surface area contributed by atoms with Crippen LogP contribution in [0.5, 0.6) is 0 Å². The highest BCUT2D eigenvalue weighted by Crippen LogP contribution is 2.11. The van der Waals surface area contributed by atoms with Crippen LogP contribution in [0.25, 0.3) is 0 Å². The van der Waals surface area contributed by atoms with Crippen LogP contribution in [0.4, 0.5) is 5.82 Å². The fraction of sp³-hybridized carbons (Fsp3) is 0.278. The molecular formula is C18H19N3O3. The molecule has 1 aromatic carbocycles. The molecule has 2 aromatic rings. The van der Waals surface area contributed by atoms with Crippen molar-refractivity contribution in [2.24, 2.45) is 0 Å². The van der Waals surface area contributed by atoms with Crippen LogP contribution < -0.4 is 5.32 Å². The van der Waals surface area contributed by atoms with Gasteiger partial charge in [-0.1, -0.05) is 6.07 Å². The highest BCUT2D eigenvalue weighted by atomic mass is 16.5. The van der Waals surface area contributed by atoms with Crippen molar-refractivity contribution < 1.29 is 14.3 Å². The second kappa shape index (κ2) is 7.23. The molecule has 0 radical (unpaired) electrons. The van der Waals surface area contributed by atoms with Crippen LogP contribution >= 0.6 is 0 Å². The van der Waals surface area contributed by atoms with Gasteiger partial charge in [0.05, 0.1) is 13.2 Å². The Bertz CT molecular complexity index is 737.